The largest absolute Gasteiger partial charge is 0.463 e. The van der Waals surface area contributed by atoms with E-state index < -0.39 is 5.97 Å². The summed E-state index contributed by atoms with van der Waals surface area (Å²) in [7, 11) is 1.26. The molecule has 0 saturated carbocycles. The number of aromatic nitrogens is 4. The summed E-state index contributed by atoms with van der Waals surface area (Å²) in [6.07, 6.45) is 2.84. The molecule has 0 spiro atoms. The summed E-state index contributed by atoms with van der Waals surface area (Å²) in [5.74, 6) is -0.699. The minimum atomic E-state index is -0.612. The van der Waals surface area contributed by atoms with E-state index in [0.29, 0.717) is 17.1 Å². The number of carbonyl (C=O) groups is 1. The van der Waals surface area contributed by atoms with Crippen molar-refractivity contribution in [2.24, 2.45) is 0 Å². The van der Waals surface area contributed by atoms with Crippen LogP contribution in [0.4, 0.5) is 4.39 Å². The Morgan fingerprint density at radius 3 is 3.09 bits per heavy atom. The van der Waals surface area contributed by atoms with Crippen molar-refractivity contribution >= 4 is 5.97 Å². The molecule has 1 aromatic carbocycles. The molecular formula is C14H11FN4O3. The first-order valence-electron chi connectivity index (χ1n) is 6.34. The fraction of sp³-hybridized carbons (Fsp3) is 0.143. The van der Waals surface area contributed by atoms with Crippen LogP contribution in [0.25, 0.3) is 11.5 Å². The zero-order valence-electron chi connectivity index (χ0n) is 11.6. The minimum absolute atomic E-state index is 0.0312. The van der Waals surface area contributed by atoms with Crippen molar-refractivity contribution < 1.29 is 18.3 Å². The normalized spacial score (nSPS) is 10.6. The van der Waals surface area contributed by atoms with Crippen molar-refractivity contribution in [3.8, 4) is 11.5 Å². The highest BCUT2D eigenvalue weighted by molar-refractivity contribution is 5.84. The molecule has 2 heterocycles. The Kier molecular flexibility index (Phi) is 3.65. The average molecular weight is 302 g/mol. The predicted octanol–water partition coefficient (Wildman–Crippen LogP) is 1.91. The summed E-state index contributed by atoms with van der Waals surface area (Å²) in [6.45, 7) is 0.267. The van der Waals surface area contributed by atoms with E-state index in [9.17, 15) is 9.18 Å². The molecule has 8 heteroatoms. The first kappa shape index (κ1) is 13.9. The van der Waals surface area contributed by atoms with E-state index in [1.165, 1.54) is 36.5 Å². The number of hydrogen-bond donors (Lipinski definition) is 0. The van der Waals surface area contributed by atoms with Crippen molar-refractivity contribution in [1.29, 1.82) is 0 Å². The maximum atomic E-state index is 13.2. The van der Waals surface area contributed by atoms with Crippen LogP contribution in [0.3, 0.4) is 0 Å². The van der Waals surface area contributed by atoms with E-state index in [2.05, 4.69) is 19.8 Å². The number of benzene rings is 1. The first-order chi connectivity index (χ1) is 10.7. The molecule has 0 fully saturated rings. The molecule has 3 aromatic rings. The van der Waals surface area contributed by atoms with Crippen molar-refractivity contribution in [3.05, 3.63) is 54.2 Å². The summed E-state index contributed by atoms with van der Waals surface area (Å²) >= 11 is 0. The maximum Gasteiger partial charge on any atom is 0.377 e. The van der Waals surface area contributed by atoms with E-state index in [1.807, 2.05) is 0 Å². The van der Waals surface area contributed by atoms with Gasteiger partial charge in [-0.25, -0.2) is 23.8 Å². The molecule has 3 rings (SSSR count). The molecule has 0 aliphatic carbocycles. The second-order valence-electron chi connectivity index (χ2n) is 4.41. The van der Waals surface area contributed by atoms with E-state index in [-0.39, 0.29) is 18.2 Å². The molecular weight excluding hydrogens is 291 g/mol. The topological polar surface area (TPSA) is 83.0 Å². The van der Waals surface area contributed by atoms with Crippen molar-refractivity contribution in [2.75, 3.05) is 7.11 Å². The summed E-state index contributed by atoms with van der Waals surface area (Å²) in [5, 5.41) is 3.96. The maximum absolute atomic E-state index is 13.2. The van der Waals surface area contributed by atoms with Gasteiger partial charge in [0.15, 0.2) is 0 Å². The lowest BCUT2D eigenvalue weighted by molar-refractivity contribution is 0.0586. The summed E-state index contributed by atoms with van der Waals surface area (Å²) in [5.41, 5.74) is 1.11. The number of halogens is 1. The van der Waals surface area contributed by atoms with Crippen LogP contribution in [0.2, 0.25) is 0 Å². The molecule has 0 radical (unpaired) electrons. The molecule has 0 aliphatic rings. The van der Waals surface area contributed by atoms with Gasteiger partial charge >= 0.3 is 5.97 Å². The van der Waals surface area contributed by atoms with Crippen molar-refractivity contribution in [1.82, 2.24) is 19.7 Å². The van der Waals surface area contributed by atoms with E-state index in [0.717, 1.165) is 0 Å². The van der Waals surface area contributed by atoms with Crippen LogP contribution in [0.15, 0.2) is 41.3 Å². The zero-order chi connectivity index (χ0) is 15.5. The van der Waals surface area contributed by atoms with E-state index in [4.69, 9.17) is 4.42 Å². The third-order valence-electron chi connectivity index (χ3n) is 2.85. The van der Waals surface area contributed by atoms with Crippen molar-refractivity contribution in [3.63, 3.8) is 0 Å². The lowest BCUT2D eigenvalue weighted by Crippen LogP contribution is -2.06. The summed E-state index contributed by atoms with van der Waals surface area (Å²) in [6, 6.07) is 5.95. The SMILES string of the molecule is COC(=O)c1ncn(Cc2coc(-c3cccc(F)c3)n2)n1. The lowest BCUT2D eigenvalue weighted by Gasteiger charge is -1.96. The fourth-order valence-corrected chi connectivity index (χ4v) is 1.86. The van der Waals surface area contributed by atoms with Gasteiger partial charge in [-0.3, -0.25) is 0 Å². The lowest BCUT2D eigenvalue weighted by atomic mass is 10.2. The zero-order valence-corrected chi connectivity index (χ0v) is 11.6. The van der Waals surface area contributed by atoms with Gasteiger partial charge < -0.3 is 9.15 Å². The fourth-order valence-electron chi connectivity index (χ4n) is 1.86. The Morgan fingerprint density at radius 1 is 1.45 bits per heavy atom. The Bertz CT molecular complexity index is 812. The number of nitrogens with zero attached hydrogens (tertiary/aromatic N) is 4. The second-order valence-corrected chi connectivity index (χ2v) is 4.41. The van der Waals surface area contributed by atoms with Crippen LogP contribution < -0.4 is 0 Å². The van der Waals surface area contributed by atoms with Gasteiger partial charge in [-0.2, -0.15) is 0 Å². The van der Waals surface area contributed by atoms with Gasteiger partial charge in [-0.1, -0.05) is 6.07 Å². The molecule has 7 nitrogen and oxygen atoms in total. The van der Waals surface area contributed by atoms with Gasteiger partial charge in [0.2, 0.25) is 5.89 Å². The monoisotopic (exact) mass is 302 g/mol. The van der Waals surface area contributed by atoms with Crippen LogP contribution >= 0.6 is 0 Å². The molecule has 0 bridgehead atoms. The quantitative estimate of drug-likeness (QED) is 0.685. The van der Waals surface area contributed by atoms with Crippen LogP contribution in [0.1, 0.15) is 16.3 Å². The van der Waals surface area contributed by atoms with Gasteiger partial charge in [0.05, 0.1) is 13.7 Å². The summed E-state index contributed by atoms with van der Waals surface area (Å²) < 4.78 is 24.5. The smallest absolute Gasteiger partial charge is 0.377 e. The Balaban J connectivity index is 1.77. The predicted molar refractivity (Wildman–Crippen MR) is 72.4 cm³/mol. The highest BCUT2D eigenvalue weighted by Crippen LogP contribution is 2.19. The van der Waals surface area contributed by atoms with Gasteiger partial charge in [-0.05, 0) is 18.2 Å². The van der Waals surface area contributed by atoms with Gasteiger partial charge in [0.25, 0.3) is 5.82 Å². The molecule has 0 atom stereocenters. The minimum Gasteiger partial charge on any atom is -0.463 e. The standard InChI is InChI=1S/C14H11FN4O3/c1-21-14(20)12-16-8-19(18-12)6-11-7-22-13(17-11)9-3-2-4-10(15)5-9/h2-5,7-8H,6H2,1H3. The Hall–Kier alpha value is -3.03. The number of methoxy groups -OCH3 is 1. The number of hydrogen-bond acceptors (Lipinski definition) is 6. The third kappa shape index (κ3) is 2.85. The second kappa shape index (κ2) is 5.76. The third-order valence-corrected chi connectivity index (χ3v) is 2.85. The number of rotatable bonds is 4. The van der Waals surface area contributed by atoms with Gasteiger partial charge in [-0.15, -0.1) is 5.10 Å². The van der Waals surface area contributed by atoms with Gasteiger partial charge in [0.1, 0.15) is 24.1 Å². The van der Waals surface area contributed by atoms with E-state index in [1.54, 1.807) is 12.1 Å². The van der Waals surface area contributed by atoms with E-state index >= 15 is 0 Å². The molecule has 22 heavy (non-hydrogen) atoms. The number of esters is 1. The Labute approximate surface area is 124 Å². The number of ether oxygens (including phenoxy) is 1. The first-order valence-corrected chi connectivity index (χ1v) is 6.34. The Morgan fingerprint density at radius 2 is 2.32 bits per heavy atom. The highest BCUT2D eigenvalue weighted by atomic mass is 19.1. The molecule has 0 saturated heterocycles. The molecule has 2 aromatic heterocycles. The molecule has 112 valence electrons. The van der Waals surface area contributed by atoms with Crippen molar-refractivity contribution in [2.45, 2.75) is 6.54 Å². The van der Waals surface area contributed by atoms with Crippen LogP contribution in [0, 0.1) is 5.82 Å². The van der Waals surface area contributed by atoms with Crippen LogP contribution in [-0.2, 0) is 11.3 Å². The van der Waals surface area contributed by atoms with Gasteiger partial charge in [0, 0.05) is 5.56 Å². The summed E-state index contributed by atoms with van der Waals surface area (Å²) in [4.78, 5) is 19.4. The average Bonchev–Trinajstić information content (AvgIpc) is 3.16. The molecule has 0 unspecified atom stereocenters. The molecule has 0 amide bonds. The molecule has 0 aliphatic heterocycles. The highest BCUT2D eigenvalue weighted by Gasteiger charge is 2.13. The molecule has 0 N–H and O–H groups in total. The van der Waals surface area contributed by atoms with Crippen LogP contribution in [-0.4, -0.2) is 32.8 Å². The number of carbonyl (C=O) groups excluding carboxylic acids is 1. The number of oxazole rings is 1. The van der Waals surface area contributed by atoms with Crippen LogP contribution in [0.5, 0.6) is 0 Å².